The van der Waals surface area contributed by atoms with Crippen molar-refractivity contribution in [1.82, 2.24) is 5.48 Å². The van der Waals surface area contributed by atoms with Gasteiger partial charge in [-0.3, -0.25) is 10.3 Å². The lowest BCUT2D eigenvalue weighted by Gasteiger charge is -2.09. The number of benzene rings is 3. The number of carbonyl (C=O) groups is 1. The molecule has 1 heterocycles. The number of rotatable bonds is 2. The molecule has 0 saturated carbocycles. The second kappa shape index (κ2) is 9.56. The first-order chi connectivity index (χ1) is 15.4. The van der Waals surface area contributed by atoms with E-state index in [0.717, 1.165) is 0 Å². The zero-order valence-corrected chi connectivity index (χ0v) is 18.5. The standard InChI is InChI=1S/C22H14Cl3FN4O2/c23-12-5-8-19-15(9-12)21(14-3-1-2-4-18(14)26)27-11-20(29-19)30-32-22(31)28-13-6-7-16(24)17(25)10-13/h1-10H,11H2,(H,28,31)(H,29,30). The van der Waals surface area contributed by atoms with Crippen molar-refractivity contribution in [2.24, 2.45) is 9.98 Å². The highest BCUT2D eigenvalue weighted by Crippen LogP contribution is 2.29. The number of halogens is 4. The topological polar surface area (TPSA) is 75.1 Å². The van der Waals surface area contributed by atoms with Crippen molar-refractivity contribution in [2.45, 2.75) is 0 Å². The average Bonchev–Trinajstić information content (AvgIpc) is 2.94. The van der Waals surface area contributed by atoms with Crippen LogP contribution in [-0.4, -0.2) is 24.2 Å². The number of amides is 1. The summed E-state index contributed by atoms with van der Waals surface area (Å²) in [5.41, 5.74) is 4.64. The molecular formula is C22H14Cl3FN4O2. The molecule has 1 aliphatic rings. The summed E-state index contributed by atoms with van der Waals surface area (Å²) in [4.78, 5) is 26.1. The molecule has 3 aromatic rings. The number of hydrogen-bond donors (Lipinski definition) is 2. The van der Waals surface area contributed by atoms with Crippen molar-refractivity contribution >= 4 is 63.8 Å². The smallest absolute Gasteiger partial charge is 0.323 e. The second-order valence-electron chi connectivity index (χ2n) is 6.61. The van der Waals surface area contributed by atoms with Gasteiger partial charge in [0.2, 0.25) is 0 Å². The zero-order chi connectivity index (χ0) is 22.7. The molecule has 0 saturated heterocycles. The van der Waals surface area contributed by atoms with Gasteiger partial charge in [-0.05, 0) is 48.5 Å². The Kier molecular flexibility index (Phi) is 6.60. The summed E-state index contributed by atoms with van der Waals surface area (Å²) in [6.45, 7) is 0.00994. The first-order valence-corrected chi connectivity index (χ1v) is 10.4. The van der Waals surface area contributed by atoms with Crippen LogP contribution >= 0.6 is 34.8 Å². The van der Waals surface area contributed by atoms with E-state index in [-0.39, 0.29) is 17.4 Å². The predicted molar refractivity (Wildman–Crippen MR) is 125 cm³/mol. The van der Waals surface area contributed by atoms with E-state index in [0.29, 0.717) is 38.3 Å². The number of hydrogen-bond acceptors (Lipinski definition) is 5. The SMILES string of the molecule is O=C(Nc1ccc(Cl)c(Cl)c1)ONC1=Nc2ccc(Cl)cc2C(c2ccccc2F)=NC1. The highest BCUT2D eigenvalue weighted by Gasteiger charge is 2.19. The van der Waals surface area contributed by atoms with Crippen molar-refractivity contribution in [3.05, 3.63) is 92.7 Å². The van der Waals surface area contributed by atoms with E-state index < -0.39 is 11.9 Å². The van der Waals surface area contributed by atoms with Crippen molar-refractivity contribution in [3.8, 4) is 0 Å². The van der Waals surface area contributed by atoms with Crippen molar-refractivity contribution in [3.63, 3.8) is 0 Å². The molecule has 6 nitrogen and oxygen atoms in total. The van der Waals surface area contributed by atoms with Gasteiger partial charge in [-0.1, -0.05) is 46.9 Å². The summed E-state index contributed by atoms with van der Waals surface area (Å²) < 4.78 is 14.5. The first kappa shape index (κ1) is 22.1. The number of hydroxylamine groups is 1. The Bertz CT molecular complexity index is 1260. The van der Waals surface area contributed by atoms with Crippen LogP contribution in [0.25, 0.3) is 0 Å². The minimum absolute atomic E-state index is 0.00994. The molecule has 2 N–H and O–H groups in total. The van der Waals surface area contributed by atoms with Gasteiger partial charge in [-0.25, -0.2) is 19.7 Å². The Morgan fingerprint density at radius 3 is 2.56 bits per heavy atom. The molecule has 4 rings (SSSR count). The molecule has 162 valence electrons. The molecule has 0 unspecified atom stereocenters. The summed E-state index contributed by atoms with van der Waals surface area (Å²) in [5, 5.41) is 3.61. The van der Waals surface area contributed by atoms with Gasteiger partial charge in [0.1, 0.15) is 12.4 Å². The van der Waals surface area contributed by atoms with Crippen LogP contribution in [0.5, 0.6) is 0 Å². The summed E-state index contributed by atoms with van der Waals surface area (Å²) in [5.74, 6) is -0.185. The molecule has 0 aliphatic carbocycles. The van der Waals surface area contributed by atoms with Crippen LogP contribution in [-0.2, 0) is 4.84 Å². The van der Waals surface area contributed by atoms with Gasteiger partial charge in [0.25, 0.3) is 0 Å². The third kappa shape index (κ3) is 5.02. The highest BCUT2D eigenvalue weighted by molar-refractivity contribution is 6.42. The fourth-order valence-electron chi connectivity index (χ4n) is 2.98. The molecule has 0 atom stereocenters. The van der Waals surface area contributed by atoms with Crippen molar-refractivity contribution in [1.29, 1.82) is 0 Å². The summed E-state index contributed by atoms with van der Waals surface area (Å²) in [6, 6.07) is 15.9. The molecule has 3 aromatic carbocycles. The molecule has 0 bridgehead atoms. The van der Waals surface area contributed by atoms with Crippen LogP contribution in [0.15, 0.2) is 70.6 Å². The van der Waals surface area contributed by atoms with E-state index in [1.807, 2.05) is 0 Å². The Balaban J connectivity index is 1.54. The number of fused-ring (bicyclic) bond motifs is 1. The zero-order valence-electron chi connectivity index (χ0n) is 16.2. The largest absolute Gasteiger partial charge is 0.435 e. The van der Waals surface area contributed by atoms with Gasteiger partial charge in [-0.2, -0.15) is 0 Å². The lowest BCUT2D eigenvalue weighted by Crippen LogP contribution is -2.31. The number of nitrogens with one attached hydrogen (secondary N) is 2. The third-order valence-electron chi connectivity index (χ3n) is 4.41. The number of aliphatic imine (C=N–C) groups is 2. The molecule has 32 heavy (non-hydrogen) atoms. The van der Waals surface area contributed by atoms with E-state index in [2.05, 4.69) is 20.8 Å². The lowest BCUT2D eigenvalue weighted by atomic mass is 10.0. The third-order valence-corrected chi connectivity index (χ3v) is 5.39. The quantitative estimate of drug-likeness (QED) is 0.406. The second-order valence-corrected chi connectivity index (χ2v) is 7.86. The van der Waals surface area contributed by atoms with Gasteiger partial charge in [-0.15, -0.1) is 0 Å². The maximum atomic E-state index is 14.5. The molecule has 0 fully saturated rings. The minimum atomic E-state index is -0.801. The van der Waals surface area contributed by atoms with Crippen LogP contribution in [0.3, 0.4) is 0 Å². The van der Waals surface area contributed by atoms with Gasteiger partial charge >= 0.3 is 6.09 Å². The van der Waals surface area contributed by atoms with Gasteiger partial charge in [0.05, 0.1) is 21.4 Å². The van der Waals surface area contributed by atoms with Crippen molar-refractivity contribution in [2.75, 3.05) is 11.9 Å². The average molecular weight is 492 g/mol. The molecular weight excluding hydrogens is 478 g/mol. The molecule has 0 aromatic heterocycles. The van der Waals surface area contributed by atoms with Crippen LogP contribution in [0.4, 0.5) is 20.6 Å². The summed E-state index contributed by atoms with van der Waals surface area (Å²) >= 11 is 18.0. The molecule has 1 amide bonds. The van der Waals surface area contributed by atoms with Gasteiger partial charge < -0.3 is 4.84 Å². The monoisotopic (exact) mass is 490 g/mol. The normalized spacial score (nSPS) is 12.8. The predicted octanol–water partition coefficient (Wildman–Crippen LogP) is 6.42. The van der Waals surface area contributed by atoms with Crippen LogP contribution in [0.2, 0.25) is 15.1 Å². The molecule has 0 radical (unpaired) electrons. The molecule has 1 aliphatic heterocycles. The van der Waals surface area contributed by atoms with Crippen LogP contribution in [0.1, 0.15) is 11.1 Å². The van der Waals surface area contributed by atoms with Crippen molar-refractivity contribution < 1.29 is 14.0 Å². The maximum Gasteiger partial charge on any atom is 0.435 e. The fraction of sp³-hybridized carbons (Fsp3) is 0.0455. The van der Waals surface area contributed by atoms with E-state index in [9.17, 15) is 9.18 Å². The van der Waals surface area contributed by atoms with Crippen LogP contribution < -0.4 is 10.8 Å². The van der Waals surface area contributed by atoms with Gasteiger partial charge in [0.15, 0.2) is 5.84 Å². The Hall–Kier alpha value is -3.13. The molecule has 0 spiro atoms. The molecule has 10 heteroatoms. The van der Waals surface area contributed by atoms with E-state index >= 15 is 0 Å². The number of amidine groups is 1. The Morgan fingerprint density at radius 2 is 1.78 bits per heavy atom. The van der Waals surface area contributed by atoms with E-state index in [4.69, 9.17) is 39.6 Å². The minimum Gasteiger partial charge on any atom is -0.323 e. The number of anilines is 1. The first-order valence-electron chi connectivity index (χ1n) is 9.26. The summed E-state index contributed by atoms with van der Waals surface area (Å²) in [7, 11) is 0. The number of carbonyl (C=O) groups excluding carboxylic acids is 1. The van der Waals surface area contributed by atoms with Crippen LogP contribution in [0, 0.1) is 5.82 Å². The maximum absolute atomic E-state index is 14.5. The highest BCUT2D eigenvalue weighted by atomic mass is 35.5. The van der Waals surface area contributed by atoms with E-state index in [1.165, 1.54) is 12.1 Å². The fourth-order valence-corrected chi connectivity index (χ4v) is 3.45. The Morgan fingerprint density at radius 1 is 0.969 bits per heavy atom. The summed E-state index contributed by atoms with van der Waals surface area (Å²) in [6.07, 6.45) is -0.801. The Labute approximate surface area is 197 Å². The lowest BCUT2D eigenvalue weighted by molar-refractivity contribution is 0.134. The van der Waals surface area contributed by atoms with Gasteiger partial charge in [0, 0.05) is 21.8 Å². The van der Waals surface area contributed by atoms with E-state index in [1.54, 1.807) is 48.5 Å². The number of nitrogens with zero attached hydrogens (tertiary/aromatic N) is 2.